The van der Waals surface area contributed by atoms with Gasteiger partial charge in [0.1, 0.15) is 5.65 Å². The van der Waals surface area contributed by atoms with E-state index < -0.39 is 0 Å². The third kappa shape index (κ3) is 2.34. The molecule has 17 heavy (non-hydrogen) atoms. The highest BCUT2D eigenvalue weighted by Gasteiger charge is 2.15. The van der Waals surface area contributed by atoms with Crippen LogP contribution in [-0.4, -0.2) is 28.4 Å². The van der Waals surface area contributed by atoms with Crippen molar-refractivity contribution in [3.8, 4) is 0 Å². The number of hydrogen-bond donors (Lipinski definition) is 0. The summed E-state index contributed by atoms with van der Waals surface area (Å²) in [5, 5.41) is 0. The van der Waals surface area contributed by atoms with Gasteiger partial charge in [-0.05, 0) is 44.6 Å². The number of imidazole rings is 1. The first-order valence-corrected chi connectivity index (χ1v) is 6.11. The van der Waals surface area contributed by atoms with Gasteiger partial charge >= 0.3 is 0 Å². The van der Waals surface area contributed by atoms with Crippen LogP contribution in [0.5, 0.6) is 0 Å². The van der Waals surface area contributed by atoms with E-state index in [0.717, 1.165) is 12.2 Å². The first kappa shape index (κ1) is 12.1. The summed E-state index contributed by atoms with van der Waals surface area (Å²) in [6.07, 6.45) is 2.13. The molecule has 0 spiro atoms. The van der Waals surface area contributed by atoms with Crippen LogP contribution in [-0.2, 0) is 6.54 Å². The van der Waals surface area contributed by atoms with E-state index in [0.29, 0.717) is 5.92 Å². The molecule has 0 radical (unpaired) electrons. The van der Waals surface area contributed by atoms with Crippen molar-refractivity contribution in [3.63, 3.8) is 0 Å². The summed E-state index contributed by atoms with van der Waals surface area (Å²) >= 11 is 0. The number of aryl methyl sites for hydroxylation is 1. The molecule has 0 aliphatic carbocycles. The molecule has 0 saturated heterocycles. The Morgan fingerprint density at radius 2 is 2.06 bits per heavy atom. The zero-order chi connectivity index (χ0) is 12.6. The summed E-state index contributed by atoms with van der Waals surface area (Å²) in [5.41, 5.74) is 4.84. The SMILES string of the molecule is Cc1ccn2c(CN(C)C)c(C(C)C)nc2c1. The Hall–Kier alpha value is -1.35. The van der Waals surface area contributed by atoms with Crippen LogP contribution < -0.4 is 0 Å². The van der Waals surface area contributed by atoms with Gasteiger partial charge in [0.15, 0.2) is 0 Å². The Kier molecular flexibility index (Phi) is 3.20. The average Bonchev–Trinajstić information content (AvgIpc) is 2.55. The molecule has 2 aromatic heterocycles. The van der Waals surface area contributed by atoms with Gasteiger partial charge in [-0.25, -0.2) is 4.98 Å². The molecule has 2 heterocycles. The molecular formula is C14H21N3. The number of aromatic nitrogens is 2. The molecule has 0 unspecified atom stereocenters. The van der Waals surface area contributed by atoms with E-state index in [1.807, 2.05) is 0 Å². The molecule has 0 atom stereocenters. The molecule has 0 amide bonds. The van der Waals surface area contributed by atoms with Crippen LogP contribution in [0.3, 0.4) is 0 Å². The highest BCUT2D eigenvalue weighted by Crippen LogP contribution is 2.22. The fourth-order valence-corrected chi connectivity index (χ4v) is 2.13. The molecule has 2 aromatic rings. The van der Waals surface area contributed by atoms with Gasteiger partial charge in [0, 0.05) is 12.7 Å². The first-order valence-electron chi connectivity index (χ1n) is 6.11. The molecule has 3 nitrogen and oxygen atoms in total. The molecule has 0 aliphatic rings. The summed E-state index contributed by atoms with van der Waals surface area (Å²) in [5.74, 6) is 0.463. The number of nitrogens with zero attached hydrogens (tertiary/aromatic N) is 3. The van der Waals surface area contributed by atoms with E-state index in [9.17, 15) is 0 Å². The van der Waals surface area contributed by atoms with Gasteiger partial charge in [-0.2, -0.15) is 0 Å². The highest BCUT2D eigenvalue weighted by atomic mass is 15.1. The Morgan fingerprint density at radius 1 is 1.35 bits per heavy atom. The lowest BCUT2D eigenvalue weighted by atomic mass is 10.1. The lowest BCUT2D eigenvalue weighted by Crippen LogP contribution is -2.14. The normalized spacial score (nSPS) is 11.9. The third-order valence-corrected chi connectivity index (χ3v) is 2.92. The Labute approximate surface area is 103 Å². The van der Waals surface area contributed by atoms with E-state index in [1.165, 1.54) is 17.0 Å². The van der Waals surface area contributed by atoms with Crippen molar-refractivity contribution < 1.29 is 0 Å². The van der Waals surface area contributed by atoms with E-state index in [1.54, 1.807) is 0 Å². The van der Waals surface area contributed by atoms with Crippen LogP contribution in [0, 0.1) is 6.92 Å². The molecule has 2 rings (SSSR count). The fourth-order valence-electron chi connectivity index (χ4n) is 2.13. The molecule has 0 N–H and O–H groups in total. The van der Waals surface area contributed by atoms with Crippen molar-refractivity contribution in [3.05, 3.63) is 35.3 Å². The highest BCUT2D eigenvalue weighted by molar-refractivity contribution is 5.46. The maximum absolute atomic E-state index is 4.76. The average molecular weight is 231 g/mol. The van der Waals surface area contributed by atoms with Crippen molar-refractivity contribution in [2.24, 2.45) is 0 Å². The van der Waals surface area contributed by atoms with Gasteiger partial charge < -0.3 is 9.30 Å². The van der Waals surface area contributed by atoms with Crippen molar-refractivity contribution in [2.45, 2.75) is 33.2 Å². The topological polar surface area (TPSA) is 20.5 Å². The van der Waals surface area contributed by atoms with Gasteiger partial charge in [0.05, 0.1) is 11.4 Å². The van der Waals surface area contributed by atoms with Crippen LogP contribution in [0.25, 0.3) is 5.65 Å². The maximum atomic E-state index is 4.76. The molecule has 0 aromatic carbocycles. The van der Waals surface area contributed by atoms with E-state index in [-0.39, 0.29) is 0 Å². The predicted octanol–water partition coefficient (Wildman–Crippen LogP) is 2.83. The van der Waals surface area contributed by atoms with Gasteiger partial charge in [0.25, 0.3) is 0 Å². The van der Waals surface area contributed by atoms with Gasteiger partial charge in [-0.15, -0.1) is 0 Å². The van der Waals surface area contributed by atoms with E-state index in [2.05, 4.69) is 62.5 Å². The minimum absolute atomic E-state index is 0.463. The van der Waals surface area contributed by atoms with Crippen LogP contribution in [0.2, 0.25) is 0 Å². The van der Waals surface area contributed by atoms with Gasteiger partial charge in [0.2, 0.25) is 0 Å². The lowest BCUT2D eigenvalue weighted by Gasteiger charge is -2.12. The number of pyridine rings is 1. The minimum atomic E-state index is 0.463. The zero-order valence-corrected chi connectivity index (χ0v) is 11.4. The van der Waals surface area contributed by atoms with Gasteiger partial charge in [-0.1, -0.05) is 13.8 Å². The monoisotopic (exact) mass is 231 g/mol. The second-order valence-electron chi connectivity index (χ2n) is 5.27. The van der Waals surface area contributed by atoms with Crippen molar-refractivity contribution in [2.75, 3.05) is 14.1 Å². The predicted molar refractivity (Wildman–Crippen MR) is 71.4 cm³/mol. The number of rotatable bonds is 3. The standard InChI is InChI=1S/C14H21N3/c1-10(2)14-12(9-16(4)5)17-7-6-11(3)8-13(17)15-14/h6-8,10H,9H2,1-5H3. The Bertz CT molecular complexity index is 523. The largest absolute Gasteiger partial charge is 0.304 e. The summed E-state index contributed by atoms with van der Waals surface area (Å²) < 4.78 is 2.21. The molecule has 0 bridgehead atoms. The van der Waals surface area contributed by atoms with Crippen LogP contribution in [0.1, 0.15) is 36.7 Å². The molecule has 0 saturated carbocycles. The quantitative estimate of drug-likeness (QED) is 0.809. The van der Waals surface area contributed by atoms with Crippen LogP contribution in [0.4, 0.5) is 0 Å². The van der Waals surface area contributed by atoms with Crippen molar-refractivity contribution in [1.82, 2.24) is 14.3 Å². The molecule has 0 aliphatic heterocycles. The smallest absolute Gasteiger partial charge is 0.137 e. The first-order chi connectivity index (χ1) is 7.99. The van der Waals surface area contributed by atoms with E-state index in [4.69, 9.17) is 4.98 Å². The zero-order valence-electron chi connectivity index (χ0n) is 11.4. The lowest BCUT2D eigenvalue weighted by molar-refractivity contribution is 0.393. The maximum Gasteiger partial charge on any atom is 0.137 e. The molecule has 0 fully saturated rings. The summed E-state index contributed by atoms with van der Waals surface area (Å²) in [6, 6.07) is 4.28. The molecular weight excluding hydrogens is 210 g/mol. The Morgan fingerprint density at radius 3 is 2.65 bits per heavy atom. The minimum Gasteiger partial charge on any atom is -0.304 e. The van der Waals surface area contributed by atoms with Crippen molar-refractivity contribution in [1.29, 1.82) is 0 Å². The number of hydrogen-bond acceptors (Lipinski definition) is 2. The van der Waals surface area contributed by atoms with Crippen LogP contribution >= 0.6 is 0 Å². The fraction of sp³-hybridized carbons (Fsp3) is 0.500. The summed E-state index contributed by atoms with van der Waals surface area (Å²) in [4.78, 5) is 6.95. The van der Waals surface area contributed by atoms with Crippen molar-refractivity contribution >= 4 is 5.65 Å². The second-order valence-corrected chi connectivity index (χ2v) is 5.27. The second kappa shape index (κ2) is 4.49. The third-order valence-electron chi connectivity index (χ3n) is 2.92. The molecule has 3 heteroatoms. The number of fused-ring (bicyclic) bond motifs is 1. The summed E-state index contributed by atoms with van der Waals surface area (Å²) in [6.45, 7) is 7.44. The van der Waals surface area contributed by atoms with Crippen LogP contribution in [0.15, 0.2) is 18.3 Å². The summed E-state index contributed by atoms with van der Waals surface area (Å²) in [7, 11) is 4.19. The van der Waals surface area contributed by atoms with E-state index >= 15 is 0 Å². The molecule has 92 valence electrons. The van der Waals surface area contributed by atoms with Gasteiger partial charge in [-0.3, -0.25) is 0 Å². The Balaban J connectivity index is 2.62.